The molecule has 1 aliphatic heterocycles. The molecular weight excluding hydrogens is 484 g/mol. The molecule has 12 heteroatoms. The third-order valence-corrected chi connectivity index (χ3v) is 6.26. The normalized spacial score (nSPS) is 18.6. The quantitative estimate of drug-likeness (QED) is 0.522. The second kappa shape index (κ2) is 9.57. The summed E-state index contributed by atoms with van der Waals surface area (Å²) >= 11 is 0. The van der Waals surface area contributed by atoms with Gasteiger partial charge in [-0.1, -0.05) is 0 Å². The van der Waals surface area contributed by atoms with E-state index in [1.54, 1.807) is 31.3 Å². The van der Waals surface area contributed by atoms with Crippen LogP contribution in [-0.2, 0) is 4.79 Å². The number of benzene rings is 1. The Labute approximate surface area is 210 Å². The standard InChI is InChI=1S/C25H23F2N7O3/c1-14-30-22(33-32-14)24(36)34-9-7-21(25(26,27)13-34)37-20-5-4-16(10-17(20)12-28)19-11-18(6-8-29-19)31-23(35)15-2-3-15/h4-6,8,10-11,15,21H,2-3,7,9,13H2,1H3,(H,29,31,35)(H,30,32,33)/t21-/m0/s1. The van der Waals surface area contributed by atoms with Gasteiger partial charge in [0.2, 0.25) is 11.7 Å². The van der Waals surface area contributed by atoms with Crippen LogP contribution in [0, 0.1) is 24.2 Å². The van der Waals surface area contributed by atoms with Crippen molar-refractivity contribution in [2.75, 3.05) is 18.4 Å². The van der Waals surface area contributed by atoms with E-state index in [-0.39, 0.29) is 41.9 Å². The van der Waals surface area contributed by atoms with E-state index in [2.05, 4.69) is 25.5 Å². The second-order valence-corrected chi connectivity index (χ2v) is 9.13. The van der Waals surface area contributed by atoms with Crippen LogP contribution in [-0.4, -0.2) is 62.0 Å². The molecule has 0 unspecified atom stereocenters. The number of aromatic nitrogens is 4. The minimum Gasteiger partial charge on any atom is -0.483 e. The summed E-state index contributed by atoms with van der Waals surface area (Å²) in [4.78, 5) is 33.8. The molecule has 5 rings (SSSR count). The number of likely N-dealkylation sites (tertiary alicyclic amines) is 1. The lowest BCUT2D eigenvalue weighted by Crippen LogP contribution is -2.55. The van der Waals surface area contributed by atoms with Crippen molar-refractivity contribution in [2.24, 2.45) is 5.92 Å². The van der Waals surface area contributed by atoms with Crippen molar-refractivity contribution in [3.8, 4) is 23.1 Å². The topological polar surface area (TPSA) is 137 Å². The molecule has 2 N–H and O–H groups in total. The van der Waals surface area contributed by atoms with Gasteiger partial charge in [0, 0.05) is 36.3 Å². The highest BCUT2D eigenvalue weighted by molar-refractivity contribution is 5.94. The molecule has 1 aromatic carbocycles. The molecule has 1 saturated carbocycles. The minimum atomic E-state index is -3.36. The van der Waals surface area contributed by atoms with Gasteiger partial charge >= 0.3 is 5.92 Å². The maximum atomic E-state index is 15.0. The van der Waals surface area contributed by atoms with Gasteiger partial charge in [0.05, 0.1) is 17.8 Å². The van der Waals surface area contributed by atoms with Crippen molar-refractivity contribution in [3.63, 3.8) is 0 Å². The number of carbonyl (C=O) groups is 2. The van der Waals surface area contributed by atoms with E-state index in [1.807, 2.05) is 6.07 Å². The number of piperidine rings is 1. The van der Waals surface area contributed by atoms with E-state index in [0.29, 0.717) is 22.8 Å². The maximum absolute atomic E-state index is 15.0. The number of nitriles is 1. The number of H-pyrrole nitrogens is 1. The highest BCUT2D eigenvalue weighted by Gasteiger charge is 2.48. The Kier molecular flexibility index (Phi) is 6.29. The zero-order valence-electron chi connectivity index (χ0n) is 19.9. The molecule has 2 aromatic heterocycles. The molecule has 37 heavy (non-hydrogen) atoms. The van der Waals surface area contributed by atoms with E-state index in [9.17, 15) is 23.6 Å². The Morgan fingerprint density at radius 1 is 1.24 bits per heavy atom. The number of aromatic amines is 1. The number of rotatable bonds is 6. The predicted octanol–water partition coefficient (Wildman–Crippen LogP) is 3.32. The third kappa shape index (κ3) is 5.25. The molecule has 2 aliphatic rings. The molecule has 0 spiro atoms. The van der Waals surface area contributed by atoms with E-state index in [4.69, 9.17) is 4.74 Å². The van der Waals surface area contributed by atoms with Crippen molar-refractivity contribution >= 4 is 17.5 Å². The number of nitrogens with one attached hydrogen (secondary N) is 2. The van der Waals surface area contributed by atoms with Gasteiger partial charge in [-0.05, 0) is 50.1 Å². The lowest BCUT2D eigenvalue weighted by atomic mass is 10.0. The predicted molar refractivity (Wildman–Crippen MR) is 127 cm³/mol. The van der Waals surface area contributed by atoms with Gasteiger partial charge in [-0.15, -0.1) is 0 Å². The molecule has 1 aliphatic carbocycles. The molecule has 0 radical (unpaired) electrons. The number of amides is 2. The molecule has 2 fully saturated rings. The molecule has 190 valence electrons. The van der Waals surface area contributed by atoms with Gasteiger partial charge in [0.25, 0.3) is 5.91 Å². The summed E-state index contributed by atoms with van der Waals surface area (Å²) in [5.74, 6) is -3.76. The maximum Gasteiger partial charge on any atom is 0.301 e. The SMILES string of the molecule is Cc1n[nH]c(C(=O)N2CC[C@H](Oc3ccc(-c4cc(NC(=O)C5CC5)ccn4)cc3C#N)C(F)(F)C2)n1. The lowest BCUT2D eigenvalue weighted by Gasteiger charge is -2.37. The summed E-state index contributed by atoms with van der Waals surface area (Å²) in [6.45, 7) is 0.765. The van der Waals surface area contributed by atoms with Gasteiger partial charge < -0.3 is 15.0 Å². The zero-order valence-corrected chi connectivity index (χ0v) is 19.9. The summed E-state index contributed by atoms with van der Waals surface area (Å²) < 4.78 is 35.6. The number of pyridine rings is 1. The Morgan fingerprint density at radius 2 is 2.05 bits per heavy atom. The average molecular weight is 508 g/mol. The summed E-state index contributed by atoms with van der Waals surface area (Å²) in [5.41, 5.74) is 1.73. The van der Waals surface area contributed by atoms with Crippen LogP contribution in [0.5, 0.6) is 5.75 Å². The van der Waals surface area contributed by atoms with Gasteiger partial charge in [-0.3, -0.25) is 19.7 Å². The minimum absolute atomic E-state index is 0.0137. The van der Waals surface area contributed by atoms with E-state index < -0.39 is 24.5 Å². The monoisotopic (exact) mass is 507 g/mol. The van der Waals surface area contributed by atoms with Gasteiger partial charge in [-0.2, -0.15) is 10.4 Å². The number of anilines is 1. The van der Waals surface area contributed by atoms with Crippen LogP contribution < -0.4 is 10.1 Å². The van der Waals surface area contributed by atoms with Crippen LogP contribution >= 0.6 is 0 Å². The van der Waals surface area contributed by atoms with Gasteiger partial charge in [0.15, 0.2) is 6.10 Å². The number of aryl methyl sites for hydroxylation is 1. The Hall–Kier alpha value is -4.40. The fourth-order valence-corrected chi connectivity index (χ4v) is 4.12. The smallest absolute Gasteiger partial charge is 0.301 e. The van der Waals surface area contributed by atoms with Crippen molar-refractivity contribution < 1.29 is 23.1 Å². The number of ether oxygens (including phenoxy) is 1. The van der Waals surface area contributed by atoms with Crippen LogP contribution in [0.3, 0.4) is 0 Å². The Morgan fingerprint density at radius 3 is 2.73 bits per heavy atom. The molecule has 1 atom stereocenters. The fraction of sp³-hybridized carbons (Fsp3) is 0.360. The number of halogens is 2. The molecule has 1 saturated heterocycles. The number of nitrogens with zero attached hydrogens (tertiary/aromatic N) is 5. The molecular formula is C25H23F2N7O3. The first-order valence-electron chi connectivity index (χ1n) is 11.8. The largest absolute Gasteiger partial charge is 0.483 e. The molecule has 10 nitrogen and oxygen atoms in total. The van der Waals surface area contributed by atoms with E-state index in [1.165, 1.54) is 12.1 Å². The van der Waals surface area contributed by atoms with Crippen LogP contribution in [0.15, 0.2) is 36.5 Å². The molecule has 3 aromatic rings. The average Bonchev–Trinajstić information content (AvgIpc) is 3.65. The third-order valence-electron chi connectivity index (χ3n) is 6.26. The lowest BCUT2D eigenvalue weighted by molar-refractivity contribution is -0.132. The first kappa shape index (κ1) is 24.3. The van der Waals surface area contributed by atoms with Crippen LogP contribution in [0.2, 0.25) is 0 Å². The summed E-state index contributed by atoms with van der Waals surface area (Å²) in [6.07, 6.45) is 1.65. The number of hydrogen-bond acceptors (Lipinski definition) is 7. The Bertz CT molecular complexity index is 1400. The van der Waals surface area contributed by atoms with Crippen molar-refractivity contribution in [3.05, 3.63) is 53.7 Å². The van der Waals surface area contributed by atoms with Crippen LogP contribution in [0.25, 0.3) is 11.3 Å². The second-order valence-electron chi connectivity index (χ2n) is 9.13. The number of hydrogen-bond donors (Lipinski definition) is 2. The Balaban J connectivity index is 1.29. The summed E-state index contributed by atoms with van der Waals surface area (Å²) in [6, 6.07) is 9.94. The number of carbonyl (C=O) groups excluding carboxylic acids is 2. The van der Waals surface area contributed by atoms with Crippen LogP contribution in [0.1, 0.15) is 41.3 Å². The first-order chi connectivity index (χ1) is 17.7. The highest BCUT2D eigenvalue weighted by Crippen LogP contribution is 2.34. The molecule has 2 amide bonds. The summed E-state index contributed by atoms with van der Waals surface area (Å²) in [5, 5.41) is 18.7. The van der Waals surface area contributed by atoms with Gasteiger partial charge in [0.1, 0.15) is 17.6 Å². The van der Waals surface area contributed by atoms with Crippen molar-refractivity contribution in [1.29, 1.82) is 5.26 Å². The number of alkyl halides is 2. The first-order valence-corrected chi connectivity index (χ1v) is 11.8. The van der Waals surface area contributed by atoms with Gasteiger partial charge in [-0.25, -0.2) is 13.8 Å². The highest BCUT2D eigenvalue weighted by atomic mass is 19.3. The molecule has 3 heterocycles. The summed E-state index contributed by atoms with van der Waals surface area (Å²) in [7, 11) is 0. The van der Waals surface area contributed by atoms with E-state index >= 15 is 0 Å². The zero-order chi connectivity index (χ0) is 26.2. The van der Waals surface area contributed by atoms with Crippen molar-refractivity contribution in [1.82, 2.24) is 25.1 Å². The van der Waals surface area contributed by atoms with E-state index in [0.717, 1.165) is 17.7 Å². The molecule has 0 bridgehead atoms. The van der Waals surface area contributed by atoms with Crippen molar-refractivity contribution in [2.45, 2.75) is 38.2 Å². The fourth-order valence-electron chi connectivity index (χ4n) is 4.12. The van der Waals surface area contributed by atoms with Crippen LogP contribution in [0.4, 0.5) is 14.5 Å².